The Morgan fingerprint density at radius 2 is 1.73 bits per heavy atom. The first-order chi connectivity index (χ1) is 4.54. The van der Waals surface area contributed by atoms with Gasteiger partial charge >= 0.3 is 29.6 Å². The second-order valence-corrected chi connectivity index (χ2v) is 1.63. The van der Waals surface area contributed by atoms with Crippen molar-refractivity contribution < 1.29 is 40.6 Å². The first kappa shape index (κ1) is 13.0. The van der Waals surface area contributed by atoms with Crippen molar-refractivity contribution in [2.24, 2.45) is 11.5 Å². The van der Waals surface area contributed by atoms with Crippen LogP contribution in [0.25, 0.3) is 0 Å². The van der Waals surface area contributed by atoms with Crippen LogP contribution in [-0.4, -0.2) is 11.8 Å². The average Bonchev–Trinajstić information content (AvgIpc) is 1.82. The molecule has 0 atom stereocenters. The standard InChI is InChI=1S/C6H8N2O2.Na.H/c1-4(6(8)10)2-3-5(7)9;;/h2-3H,1H2,(H2,7,9)(H2,8,10);;/q;+1;-1. The van der Waals surface area contributed by atoms with Crippen LogP contribution in [0.5, 0.6) is 0 Å². The van der Waals surface area contributed by atoms with Crippen LogP contribution in [0.15, 0.2) is 24.3 Å². The van der Waals surface area contributed by atoms with Gasteiger partial charge in [0.25, 0.3) is 0 Å². The predicted octanol–water partition coefficient (Wildman–Crippen LogP) is -3.81. The molecule has 0 aromatic rings. The number of rotatable bonds is 3. The van der Waals surface area contributed by atoms with Crippen molar-refractivity contribution in [3.05, 3.63) is 24.3 Å². The molecule has 0 aliphatic carbocycles. The number of carbonyl (C=O) groups is 2. The van der Waals surface area contributed by atoms with Gasteiger partial charge in [0.1, 0.15) is 0 Å². The third kappa shape index (κ3) is 7.32. The fraction of sp³-hybridized carbons (Fsp3) is 0. The molecule has 0 fully saturated rings. The zero-order chi connectivity index (χ0) is 8.15. The molecule has 0 aromatic carbocycles. The molecule has 5 heteroatoms. The van der Waals surface area contributed by atoms with E-state index >= 15 is 0 Å². The van der Waals surface area contributed by atoms with Crippen molar-refractivity contribution >= 4 is 11.8 Å². The third-order valence-corrected chi connectivity index (χ3v) is 0.765. The number of amides is 2. The van der Waals surface area contributed by atoms with Crippen LogP contribution in [0.3, 0.4) is 0 Å². The van der Waals surface area contributed by atoms with Gasteiger partial charge in [0.05, 0.1) is 0 Å². The van der Waals surface area contributed by atoms with Crippen LogP contribution in [0, 0.1) is 0 Å². The van der Waals surface area contributed by atoms with Gasteiger partial charge in [-0.2, -0.15) is 0 Å². The molecule has 0 bridgehead atoms. The van der Waals surface area contributed by atoms with E-state index in [1.807, 2.05) is 0 Å². The molecule has 0 aliphatic heterocycles. The Kier molecular flexibility index (Phi) is 7.29. The summed E-state index contributed by atoms with van der Waals surface area (Å²) in [7, 11) is 0. The summed E-state index contributed by atoms with van der Waals surface area (Å²) in [5.74, 6) is -1.31. The Balaban J connectivity index is -0.000000405. The molecule has 0 heterocycles. The Hall–Kier alpha value is -0.580. The molecule has 2 amide bonds. The van der Waals surface area contributed by atoms with Gasteiger partial charge in [-0.25, -0.2) is 0 Å². The summed E-state index contributed by atoms with van der Waals surface area (Å²) in [6.07, 6.45) is 2.19. The van der Waals surface area contributed by atoms with Gasteiger partial charge < -0.3 is 12.9 Å². The molecular weight excluding hydrogens is 155 g/mol. The van der Waals surface area contributed by atoms with E-state index in [0.717, 1.165) is 6.08 Å². The third-order valence-electron chi connectivity index (χ3n) is 0.765. The number of carbonyl (C=O) groups excluding carboxylic acids is 2. The number of nitrogens with two attached hydrogens (primary N) is 2. The molecular formula is C6H9N2NaO2. The molecule has 0 spiro atoms. The monoisotopic (exact) mass is 164 g/mol. The zero-order valence-corrected chi connectivity index (χ0v) is 8.33. The van der Waals surface area contributed by atoms with Crippen LogP contribution >= 0.6 is 0 Å². The average molecular weight is 164 g/mol. The first-order valence-electron chi connectivity index (χ1n) is 2.50. The Morgan fingerprint density at radius 1 is 1.27 bits per heavy atom. The van der Waals surface area contributed by atoms with Gasteiger partial charge in [-0.3, -0.25) is 9.59 Å². The van der Waals surface area contributed by atoms with E-state index in [0.29, 0.717) is 0 Å². The van der Waals surface area contributed by atoms with Crippen LogP contribution < -0.4 is 41.0 Å². The minimum atomic E-state index is -0.669. The second kappa shape index (κ2) is 6.15. The smallest absolute Gasteiger partial charge is 1.00 e. The second-order valence-electron chi connectivity index (χ2n) is 1.63. The van der Waals surface area contributed by atoms with Crippen LogP contribution in [0.4, 0.5) is 0 Å². The number of hydrogen-bond acceptors (Lipinski definition) is 2. The molecule has 0 aromatic heterocycles. The fourth-order valence-corrected chi connectivity index (χ4v) is 0.265. The molecule has 11 heavy (non-hydrogen) atoms. The van der Waals surface area contributed by atoms with Crippen molar-refractivity contribution in [3.8, 4) is 0 Å². The van der Waals surface area contributed by atoms with Gasteiger partial charge in [-0.1, -0.05) is 6.58 Å². The van der Waals surface area contributed by atoms with E-state index in [1.54, 1.807) is 0 Å². The Bertz CT molecular complexity index is 216. The maximum Gasteiger partial charge on any atom is 1.00 e. The molecule has 4 N–H and O–H groups in total. The zero-order valence-electron chi connectivity index (χ0n) is 7.33. The van der Waals surface area contributed by atoms with Crippen molar-refractivity contribution in [2.45, 2.75) is 0 Å². The summed E-state index contributed by atoms with van der Waals surface area (Å²) >= 11 is 0. The largest absolute Gasteiger partial charge is 1.00 e. The minimum absolute atomic E-state index is 0. The topological polar surface area (TPSA) is 86.2 Å². The van der Waals surface area contributed by atoms with Gasteiger partial charge in [0.15, 0.2) is 0 Å². The summed E-state index contributed by atoms with van der Waals surface area (Å²) in [5, 5.41) is 0. The maximum atomic E-state index is 10.2. The van der Waals surface area contributed by atoms with Gasteiger partial charge in [0, 0.05) is 11.6 Å². The Morgan fingerprint density at radius 3 is 2.00 bits per heavy atom. The molecule has 0 saturated heterocycles. The normalized spacial score (nSPS) is 8.73. The summed E-state index contributed by atoms with van der Waals surface area (Å²) < 4.78 is 0. The first-order valence-corrected chi connectivity index (χ1v) is 2.50. The molecule has 0 aliphatic rings. The summed E-state index contributed by atoms with van der Waals surface area (Å²) in [5.41, 5.74) is 9.56. The number of primary amides is 2. The SMILES string of the molecule is C=C(C=CC(N)=O)C(N)=O.[H-].[Na+]. The Labute approximate surface area is 88.1 Å². The molecule has 0 saturated carbocycles. The van der Waals surface area contributed by atoms with Crippen molar-refractivity contribution in [3.63, 3.8) is 0 Å². The molecule has 0 radical (unpaired) electrons. The van der Waals surface area contributed by atoms with Gasteiger partial charge in [-0.05, 0) is 6.08 Å². The van der Waals surface area contributed by atoms with E-state index in [9.17, 15) is 9.59 Å². The van der Waals surface area contributed by atoms with Crippen LogP contribution in [-0.2, 0) is 9.59 Å². The van der Waals surface area contributed by atoms with Crippen molar-refractivity contribution in [1.82, 2.24) is 0 Å². The van der Waals surface area contributed by atoms with Crippen LogP contribution in [0.1, 0.15) is 1.43 Å². The van der Waals surface area contributed by atoms with Gasteiger partial charge in [0.2, 0.25) is 11.8 Å². The van der Waals surface area contributed by atoms with E-state index in [-0.39, 0.29) is 36.6 Å². The minimum Gasteiger partial charge on any atom is -1.00 e. The maximum absolute atomic E-state index is 10.2. The van der Waals surface area contributed by atoms with Crippen LogP contribution in [0.2, 0.25) is 0 Å². The van der Waals surface area contributed by atoms with Crippen molar-refractivity contribution in [2.75, 3.05) is 0 Å². The quantitative estimate of drug-likeness (QED) is 0.254. The fourth-order valence-electron chi connectivity index (χ4n) is 0.265. The van der Waals surface area contributed by atoms with E-state index in [1.165, 1.54) is 6.08 Å². The summed E-state index contributed by atoms with van der Waals surface area (Å²) in [6.45, 7) is 3.26. The van der Waals surface area contributed by atoms with E-state index < -0.39 is 11.8 Å². The summed E-state index contributed by atoms with van der Waals surface area (Å²) in [4.78, 5) is 20.3. The predicted molar refractivity (Wildman–Crippen MR) is 37.8 cm³/mol. The molecule has 0 unspecified atom stereocenters. The van der Waals surface area contributed by atoms with E-state index in [2.05, 4.69) is 6.58 Å². The molecule has 0 rings (SSSR count). The summed E-state index contributed by atoms with van der Waals surface area (Å²) in [6, 6.07) is 0. The molecule has 56 valence electrons. The molecule has 4 nitrogen and oxygen atoms in total. The van der Waals surface area contributed by atoms with Gasteiger partial charge in [-0.15, -0.1) is 0 Å². The van der Waals surface area contributed by atoms with E-state index in [4.69, 9.17) is 11.5 Å². The number of hydrogen-bond donors (Lipinski definition) is 2. The van der Waals surface area contributed by atoms with Crippen molar-refractivity contribution in [1.29, 1.82) is 0 Å².